The van der Waals surface area contributed by atoms with Gasteiger partial charge in [0.05, 0.1) is 49.5 Å². The molecule has 2 aliphatic heterocycles. The van der Waals surface area contributed by atoms with Crippen molar-refractivity contribution in [2.75, 3.05) is 79.9 Å². The van der Waals surface area contributed by atoms with Crippen LogP contribution in [0, 0.1) is 11.8 Å². The van der Waals surface area contributed by atoms with Crippen LogP contribution in [-0.2, 0) is 38.1 Å². The number of aliphatic hydroxyl groups is 4. The van der Waals surface area contributed by atoms with E-state index in [9.17, 15) is 29.4 Å². The summed E-state index contributed by atoms with van der Waals surface area (Å²) >= 11 is 0. The van der Waals surface area contributed by atoms with Crippen molar-refractivity contribution < 1.29 is 58.6 Å². The zero-order valence-electron chi connectivity index (χ0n) is 59.4. The molecule has 4 N–H and O–H groups in total. The highest BCUT2D eigenvalue weighted by Gasteiger charge is 2.29. The molecular weight excluding hydrogens is 1130 g/mol. The van der Waals surface area contributed by atoms with E-state index in [1.807, 2.05) is 0 Å². The van der Waals surface area contributed by atoms with Crippen molar-refractivity contribution in [3.8, 4) is 0 Å². The molecule has 0 amide bonds. The van der Waals surface area contributed by atoms with Crippen molar-refractivity contribution in [2.24, 2.45) is 11.8 Å². The standard InChI is InChI=1S/C52H99NO7.C24H47NO5/c1-4-6-8-10-12-14-16-18-20-22-28-36-49(54)58-45-33-26-24-30-40-52(57,42-32-35-47-60-51(56)48-38-43-53(3)44-39-48)41-31-25-27-34-46-59-50(55)37-29-23-21-19-17-15-13-11-9-7-5-2;1-25-17-12-22(13-18-25)23(28)30-21-11-8-16-24(29,14-6-2-4-9-19-26)15-7-3-5-10-20-27/h48,57H,4-47H2,1-3H3;22,26-27,29H,2-21H2,1H3. The van der Waals surface area contributed by atoms with Crippen molar-refractivity contribution >= 4 is 23.9 Å². The van der Waals surface area contributed by atoms with E-state index in [4.69, 9.17) is 29.2 Å². The van der Waals surface area contributed by atoms with E-state index < -0.39 is 11.2 Å². The summed E-state index contributed by atoms with van der Waals surface area (Å²) in [5.74, 6) is -0.154. The Hall–Kier alpha value is -2.36. The summed E-state index contributed by atoms with van der Waals surface area (Å²) in [5, 5.41) is 40.7. The molecule has 0 bridgehead atoms. The van der Waals surface area contributed by atoms with Gasteiger partial charge >= 0.3 is 23.9 Å². The summed E-state index contributed by atoms with van der Waals surface area (Å²) in [4.78, 5) is 53.7. The molecule has 0 aromatic heterocycles. The molecule has 2 fully saturated rings. The van der Waals surface area contributed by atoms with E-state index in [1.165, 1.54) is 116 Å². The summed E-state index contributed by atoms with van der Waals surface area (Å²) in [6.45, 7) is 10.7. The van der Waals surface area contributed by atoms with E-state index in [2.05, 4.69) is 37.7 Å². The Morgan fingerprint density at radius 2 is 0.544 bits per heavy atom. The molecule has 14 heteroatoms. The minimum Gasteiger partial charge on any atom is -0.466 e. The van der Waals surface area contributed by atoms with Gasteiger partial charge in [0.1, 0.15) is 0 Å². The summed E-state index contributed by atoms with van der Waals surface area (Å²) in [6, 6.07) is 0. The van der Waals surface area contributed by atoms with E-state index in [0.717, 1.165) is 238 Å². The maximum atomic E-state index is 12.6. The van der Waals surface area contributed by atoms with Crippen LogP contribution in [0.25, 0.3) is 0 Å². The van der Waals surface area contributed by atoms with Gasteiger partial charge in [-0.25, -0.2) is 0 Å². The number of carbonyl (C=O) groups excluding carboxylic acids is 4. The van der Waals surface area contributed by atoms with Crippen LogP contribution in [0.2, 0.25) is 0 Å². The largest absolute Gasteiger partial charge is 0.466 e. The van der Waals surface area contributed by atoms with Gasteiger partial charge in [0.15, 0.2) is 0 Å². The lowest BCUT2D eigenvalue weighted by atomic mass is 9.85. The Morgan fingerprint density at radius 3 is 0.833 bits per heavy atom. The van der Waals surface area contributed by atoms with E-state index in [1.54, 1.807) is 0 Å². The molecule has 14 nitrogen and oxygen atoms in total. The van der Waals surface area contributed by atoms with E-state index in [-0.39, 0.29) is 48.9 Å². The molecule has 0 unspecified atom stereocenters. The number of rotatable bonds is 62. The average Bonchev–Trinajstić information content (AvgIpc) is 3.75. The fourth-order valence-corrected chi connectivity index (χ4v) is 13.0. The fraction of sp³-hybridized carbons (Fsp3) is 0.947. The monoisotopic (exact) mass is 1280 g/mol. The predicted molar refractivity (Wildman–Crippen MR) is 371 cm³/mol. The van der Waals surface area contributed by atoms with Crippen LogP contribution in [0.5, 0.6) is 0 Å². The Morgan fingerprint density at radius 1 is 0.322 bits per heavy atom. The second-order valence-electron chi connectivity index (χ2n) is 28.0. The molecule has 2 heterocycles. The molecule has 90 heavy (non-hydrogen) atoms. The number of likely N-dealkylation sites (tertiary alicyclic amines) is 2. The highest BCUT2D eigenvalue weighted by molar-refractivity contribution is 5.73. The number of aliphatic hydroxyl groups excluding tert-OH is 2. The van der Waals surface area contributed by atoms with Crippen LogP contribution < -0.4 is 0 Å². The first-order valence-corrected chi connectivity index (χ1v) is 38.5. The first-order valence-electron chi connectivity index (χ1n) is 38.5. The molecule has 2 rings (SSSR count). The van der Waals surface area contributed by atoms with Crippen molar-refractivity contribution in [3.05, 3.63) is 0 Å². The van der Waals surface area contributed by atoms with Gasteiger partial charge in [0.25, 0.3) is 0 Å². The van der Waals surface area contributed by atoms with Gasteiger partial charge in [0, 0.05) is 26.1 Å². The van der Waals surface area contributed by atoms with Crippen LogP contribution in [0.3, 0.4) is 0 Å². The molecule has 0 atom stereocenters. The van der Waals surface area contributed by atoms with Crippen molar-refractivity contribution in [3.63, 3.8) is 0 Å². The number of unbranched alkanes of at least 4 members (excludes halogenated alkanes) is 34. The summed E-state index contributed by atoms with van der Waals surface area (Å²) in [7, 11) is 4.18. The highest BCUT2D eigenvalue weighted by Crippen LogP contribution is 2.31. The third-order valence-corrected chi connectivity index (χ3v) is 19.3. The maximum absolute atomic E-state index is 12.6. The minimum atomic E-state index is -0.722. The minimum absolute atomic E-state index is 0.0221. The van der Waals surface area contributed by atoms with E-state index >= 15 is 0 Å². The lowest BCUT2D eigenvalue weighted by Crippen LogP contribution is -2.34. The number of carbonyl (C=O) groups is 4. The Kier molecular flexibility index (Phi) is 58.5. The smallest absolute Gasteiger partial charge is 0.309 e. The lowest BCUT2D eigenvalue weighted by Gasteiger charge is -2.29. The van der Waals surface area contributed by atoms with Crippen molar-refractivity contribution in [2.45, 2.75) is 372 Å². The lowest BCUT2D eigenvalue weighted by molar-refractivity contribution is -0.151. The summed E-state index contributed by atoms with van der Waals surface area (Å²) in [5.41, 5.74) is -1.36. The molecule has 2 saturated heterocycles. The van der Waals surface area contributed by atoms with Crippen molar-refractivity contribution in [1.82, 2.24) is 9.80 Å². The molecule has 0 aromatic rings. The van der Waals surface area contributed by atoms with Gasteiger partial charge in [-0.05, 0) is 169 Å². The van der Waals surface area contributed by atoms with E-state index in [0.29, 0.717) is 45.7 Å². The zero-order valence-corrected chi connectivity index (χ0v) is 59.4. The molecule has 0 aliphatic carbocycles. The Balaban J connectivity index is 0.00000112. The predicted octanol–water partition coefficient (Wildman–Crippen LogP) is 17.8. The van der Waals surface area contributed by atoms with Crippen LogP contribution in [0.4, 0.5) is 0 Å². The second-order valence-corrected chi connectivity index (χ2v) is 28.0. The molecule has 532 valence electrons. The van der Waals surface area contributed by atoms with Gasteiger partial charge in [-0.2, -0.15) is 0 Å². The van der Waals surface area contributed by atoms with Crippen LogP contribution in [0.1, 0.15) is 361 Å². The van der Waals surface area contributed by atoms with Gasteiger partial charge < -0.3 is 49.2 Å². The van der Waals surface area contributed by atoms with Gasteiger partial charge in [0.2, 0.25) is 0 Å². The Labute approximate surface area is 553 Å². The topological polar surface area (TPSA) is 193 Å². The first kappa shape index (κ1) is 85.7. The third kappa shape index (κ3) is 53.0. The van der Waals surface area contributed by atoms with Crippen LogP contribution >= 0.6 is 0 Å². The first-order chi connectivity index (χ1) is 43.8. The van der Waals surface area contributed by atoms with Gasteiger partial charge in [-0.3, -0.25) is 19.2 Å². The Bertz CT molecular complexity index is 1550. The number of hydrogen-bond acceptors (Lipinski definition) is 14. The molecule has 0 aromatic carbocycles. The van der Waals surface area contributed by atoms with Crippen molar-refractivity contribution in [1.29, 1.82) is 0 Å². The van der Waals surface area contributed by atoms with Crippen LogP contribution in [-0.4, -0.2) is 145 Å². The summed E-state index contributed by atoms with van der Waals surface area (Å²) in [6.07, 6.45) is 55.9. The molecule has 0 spiro atoms. The number of hydrogen-bond donors (Lipinski definition) is 4. The maximum Gasteiger partial charge on any atom is 0.309 e. The fourth-order valence-electron chi connectivity index (χ4n) is 13.0. The number of esters is 4. The third-order valence-electron chi connectivity index (χ3n) is 19.3. The number of nitrogens with zero attached hydrogens (tertiary/aromatic N) is 2. The molecule has 0 saturated carbocycles. The molecule has 0 radical (unpaired) electrons. The van der Waals surface area contributed by atoms with Gasteiger partial charge in [-0.15, -0.1) is 0 Å². The van der Waals surface area contributed by atoms with Crippen LogP contribution in [0.15, 0.2) is 0 Å². The normalized spacial score (nSPS) is 14.6. The molecule has 2 aliphatic rings. The number of ether oxygens (including phenoxy) is 4. The highest BCUT2D eigenvalue weighted by atomic mass is 16.5. The summed E-state index contributed by atoms with van der Waals surface area (Å²) < 4.78 is 22.2. The SMILES string of the molecule is CCCCCCCCCCCCCC(=O)OCCCCCCC(O)(CCCCCCOC(=O)CCCCCCCCCCCCC)CCCCOC(=O)C1CCN(C)CC1.CN1CCC(C(=O)OCCCCC(O)(CCCCCCO)CCCCCCO)CC1. The zero-order chi connectivity index (χ0) is 65.7. The quantitative estimate of drug-likeness (QED) is 0.0255. The average molecular weight is 1280 g/mol. The molecular formula is C76H146N2O12. The van der Waals surface area contributed by atoms with Gasteiger partial charge in [-0.1, -0.05) is 219 Å². The number of piperidine rings is 2. The second kappa shape index (κ2) is 61.5.